The lowest BCUT2D eigenvalue weighted by molar-refractivity contribution is -0.131. The Kier molecular flexibility index (Phi) is 4.38. The first-order chi connectivity index (χ1) is 8.19. The van der Waals surface area contributed by atoms with Crippen LogP contribution in [0, 0.1) is 11.3 Å². The third kappa shape index (κ3) is 3.02. The lowest BCUT2D eigenvalue weighted by atomic mass is 9.60. The minimum Gasteiger partial charge on any atom is -0.478 e. The molecule has 0 heterocycles. The molecule has 0 saturated heterocycles. The summed E-state index contributed by atoms with van der Waals surface area (Å²) >= 11 is 0. The summed E-state index contributed by atoms with van der Waals surface area (Å²) in [6.45, 7) is 7.93. The fourth-order valence-electron chi connectivity index (χ4n) is 2.83. The Morgan fingerprint density at radius 1 is 1.39 bits per heavy atom. The number of carboxylic acid groups (broad SMARTS) is 1. The zero-order valence-corrected chi connectivity index (χ0v) is 11.7. The number of allylic oxidation sites excluding steroid dienone is 2. The number of rotatable bonds is 3. The quantitative estimate of drug-likeness (QED) is 0.599. The number of carboxylic acids is 1. The molecule has 1 fully saturated rings. The second-order valence-corrected chi connectivity index (χ2v) is 6.06. The van der Waals surface area contributed by atoms with Gasteiger partial charge in [-0.1, -0.05) is 39.3 Å². The summed E-state index contributed by atoms with van der Waals surface area (Å²) < 4.78 is 0. The predicted molar refractivity (Wildman–Crippen MR) is 72.3 cm³/mol. The highest BCUT2D eigenvalue weighted by atomic mass is 16.4. The van der Waals surface area contributed by atoms with Crippen LogP contribution in [0.2, 0.25) is 0 Å². The molecule has 1 aliphatic carbocycles. The summed E-state index contributed by atoms with van der Waals surface area (Å²) in [4.78, 5) is 10.6. The highest BCUT2D eigenvalue weighted by Gasteiger charge is 2.47. The van der Waals surface area contributed by atoms with Crippen LogP contribution in [-0.4, -0.2) is 21.8 Å². The van der Waals surface area contributed by atoms with Gasteiger partial charge in [-0.15, -0.1) is 0 Å². The van der Waals surface area contributed by atoms with Gasteiger partial charge >= 0.3 is 5.97 Å². The van der Waals surface area contributed by atoms with Crippen LogP contribution in [0.5, 0.6) is 0 Å². The van der Waals surface area contributed by atoms with Gasteiger partial charge in [-0.05, 0) is 36.7 Å². The normalized spacial score (nSPS) is 32.7. The van der Waals surface area contributed by atoms with Gasteiger partial charge in [-0.2, -0.15) is 0 Å². The summed E-state index contributed by atoms with van der Waals surface area (Å²) in [7, 11) is 0. The van der Waals surface area contributed by atoms with Gasteiger partial charge in [0.05, 0.1) is 5.60 Å². The minimum absolute atomic E-state index is 0.176. The summed E-state index contributed by atoms with van der Waals surface area (Å²) in [5.41, 5.74) is -0.395. The molecule has 0 amide bonds. The molecule has 0 radical (unpaired) electrons. The van der Waals surface area contributed by atoms with E-state index in [2.05, 4.69) is 20.8 Å². The van der Waals surface area contributed by atoms with Crippen LogP contribution in [-0.2, 0) is 4.79 Å². The van der Waals surface area contributed by atoms with E-state index in [1.807, 2.05) is 0 Å². The molecule has 1 saturated carbocycles. The number of hydrogen-bond donors (Lipinski definition) is 2. The van der Waals surface area contributed by atoms with E-state index in [1.54, 1.807) is 19.1 Å². The van der Waals surface area contributed by atoms with Crippen LogP contribution >= 0.6 is 0 Å². The summed E-state index contributed by atoms with van der Waals surface area (Å²) in [5.74, 6) is -0.768. The van der Waals surface area contributed by atoms with E-state index in [-0.39, 0.29) is 11.3 Å². The van der Waals surface area contributed by atoms with Crippen LogP contribution < -0.4 is 0 Å². The number of aliphatic hydroxyl groups is 1. The SMILES string of the molecule is CC(/C=C/C1(O)C(C)CCCC1(C)C)=C\C(=O)O. The Morgan fingerprint density at radius 3 is 2.50 bits per heavy atom. The first-order valence-corrected chi connectivity index (χ1v) is 6.52. The van der Waals surface area contributed by atoms with Crippen LogP contribution in [0.4, 0.5) is 0 Å². The molecule has 0 aromatic carbocycles. The molecule has 102 valence electrons. The van der Waals surface area contributed by atoms with Crippen LogP contribution in [0.3, 0.4) is 0 Å². The van der Waals surface area contributed by atoms with Gasteiger partial charge in [0.15, 0.2) is 0 Å². The maximum Gasteiger partial charge on any atom is 0.328 e. The Labute approximate surface area is 109 Å². The van der Waals surface area contributed by atoms with Gasteiger partial charge < -0.3 is 10.2 Å². The molecule has 0 spiro atoms. The van der Waals surface area contributed by atoms with Crippen molar-refractivity contribution in [1.82, 2.24) is 0 Å². The molecule has 2 unspecified atom stereocenters. The number of hydrogen-bond acceptors (Lipinski definition) is 2. The van der Waals surface area contributed by atoms with Gasteiger partial charge in [0, 0.05) is 6.08 Å². The van der Waals surface area contributed by atoms with Crippen molar-refractivity contribution in [2.24, 2.45) is 11.3 Å². The molecule has 0 aromatic rings. The standard InChI is InChI=1S/C15H24O3/c1-11(10-13(16)17)7-9-15(18)12(2)6-5-8-14(15,3)4/h7,9-10,12,18H,5-6,8H2,1-4H3,(H,16,17)/b9-7+,11-10+. The van der Waals surface area contributed by atoms with E-state index in [1.165, 1.54) is 0 Å². The van der Waals surface area contributed by atoms with Gasteiger partial charge in [0.2, 0.25) is 0 Å². The maximum atomic E-state index is 10.9. The largest absolute Gasteiger partial charge is 0.478 e. The lowest BCUT2D eigenvalue weighted by Crippen LogP contribution is -2.50. The smallest absolute Gasteiger partial charge is 0.328 e. The lowest BCUT2D eigenvalue weighted by Gasteiger charge is -2.49. The molecule has 3 nitrogen and oxygen atoms in total. The van der Waals surface area contributed by atoms with E-state index in [9.17, 15) is 9.90 Å². The topological polar surface area (TPSA) is 57.5 Å². The molecule has 18 heavy (non-hydrogen) atoms. The molecule has 0 aliphatic heterocycles. The van der Waals surface area contributed by atoms with Crippen LogP contribution in [0.25, 0.3) is 0 Å². The van der Waals surface area contributed by atoms with Gasteiger partial charge in [-0.3, -0.25) is 0 Å². The summed E-state index contributed by atoms with van der Waals surface area (Å²) in [6, 6.07) is 0. The van der Waals surface area contributed by atoms with E-state index < -0.39 is 11.6 Å². The first-order valence-electron chi connectivity index (χ1n) is 6.52. The summed E-state index contributed by atoms with van der Waals surface area (Å²) in [5, 5.41) is 19.6. The van der Waals surface area contributed by atoms with Gasteiger partial charge in [0.1, 0.15) is 0 Å². The van der Waals surface area contributed by atoms with Crippen LogP contribution in [0.1, 0.15) is 47.0 Å². The molecule has 1 rings (SSSR count). The number of carbonyl (C=O) groups is 1. The monoisotopic (exact) mass is 252 g/mol. The van der Waals surface area contributed by atoms with Crippen molar-refractivity contribution in [2.75, 3.05) is 0 Å². The molecule has 1 aliphatic rings. The predicted octanol–water partition coefficient (Wildman–Crippen LogP) is 3.15. The minimum atomic E-state index is -0.958. The molecule has 0 bridgehead atoms. The van der Waals surface area contributed by atoms with Crippen molar-refractivity contribution < 1.29 is 15.0 Å². The molecular formula is C15H24O3. The van der Waals surface area contributed by atoms with E-state index in [0.717, 1.165) is 25.3 Å². The van der Waals surface area contributed by atoms with Crippen molar-refractivity contribution in [3.8, 4) is 0 Å². The zero-order chi connectivity index (χ0) is 14.0. The third-order valence-corrected chi connectivity index (χ3v) is 4.23. The zero-order valence-electron chi connectivity index (χ0n) is 11.7. The molecular weight excluding hydrogens is 228 g/mol. The third-order valence-electron chi connectivity index (χ3n) is 4.23. The van der Waals surface area contributed by atoms with Crippen molar-refractivity contribution in [3.05, 3.63) is 23.8 Å². The Morgan fingerprint density at radius 2 is 2.00 bits per heavy atom. The van der Waals surface area contributed by atoms with Crippen molar-refractivity contribution in [2.45, 2.75) is 52.6 Å². The fourth-order valence-corrected chi connectivity index (χ4v) is 2.83. The molecule has 2 N–H and O–H groups in total. The second kappa shape index (κ2) is 5.27. The van der Waals surface area contributed by atoms with Gasteiger partial charge in [-0.25, -0.2) is 4.79 Å². The Bertz CT molecular complexity index is 379. The average Bonchev–Trinajstić information content (AvgIpc) is 2.22. The van der Waals surface area contributed by atoms with E-state index in [0.29, 0.717) is 5.57 Å². The highest BCUT2D eigenvalue weighted by molar-refractivity contribution is 5.81. The molecule has 0 aromatic heterocycles. The second-order valence-electron chi connectivity index (χ2n) is 6.06. The average molecular weight is 252 g/mol. The number of aliphatic carboxylic acids is 1. The van der Waals surface area contributed by atoms with Crippen molar-refractivity contribution >= 4 is 5.97 Å². The Hall–Kier alpha value is -1.09. The Balaban J connectivity index is 2.97. The van der Waals surface area contributed by atoms with Crippen molar-refractivity contribution in [3.63, 3.8) is 0 Å². The summed E-state index contributed by atoms with van der Waals surface area (Å²) in [6.07, 6.45) is 7.78. The van der Waals surface area contributed by atoms with E-state index in [4.69, 9.17) is 5.11 Å². The maximum absolute atomic E-state index is 10.9. The highest BCUT2D eigenvalue weighted by Crippen LogP contribution is 2.47. The first kappa shape index (κ1) is 15.0. The molecule has 3 heteroatoms. The fraction of sp³-hybridized carbons (Fsp3) is 0.667. The van der Waals surface area contributed by atoms with Crippen LogP contribution in [0.15, 0.2) is 23.8 Å². The van der Waals surface area contributed by atoms with Gasteiger partial charge in [0.25, 0.3) is 0 Å². The molecule has 2 atom stereocenters. The van der Waals surface area contributed by atoms with E-state index >= 15 is 0 Å². The van der Waals surface area contributed by atoms with Crippen molar-refractivity contribution in [1.29, 1.82) is 0 Å².